The number of nitrogens with one attached hydrogen (secondary N) is 3. The van der Waals surface area contributed by atoms with E-state index in [2.05, 4.69) is 26.1 Å². The SMILES string of the molecule is COc1ccccc1-c1noc(CNC(=O)CC2NC(=O)c3ccccc3NC2=O)n1. The quantitative estimate of drug-likeness (QED) is 0.549. The summed E-state index contributed by atoms with van der Waals surface area (Å²) in [5.74, 6) is -0.237. The van der Waals surface area contributed by atoms with Crippen LogP contribution in [-0.2, 0) is 16.1 Å². The summed E-state index contributed by atoms with van der Waals surface area (Å²) in [6.07, 6.45) is -0.237. The van der Waals surface area contributed by atoms with Crippen LogP contribution in [0.5, 0.6) is 5.75 Å². The van der Waals surface area contributed by atoms with Gasteiger partial charge in [-0.25, -0.2) is 0 Å². The number of hydrogen-bond donors (Lipinski definition) is 3. The van der Waals surface area contributed by atoms with E-state index in [0.29, 0.717) is 28.4 Å². The molecule has 3 aromatic rings. The molecule has 158 valence electrons. The lowest BCUT2D eigenvalue weighted by Gasteiger charge is -2.13. The van der Waals surface area contributed by atoms with Crippen molar-refractivity contribution in [1.82, 2.24) is 20.8 Å². The van der Waals surface area contributed by atoms with E-state index in [-0.39, 0.29) is 18.9 Å². The molecular weight excluding hydrogens is 402 g/mol. The van der Waals surface area contributed by atoms with Crippen LogP contribution in [0.25, 0.3) is 11.4 Å². The first-order valence-corrected chi connectivity index (χ1v) is 9.48. The van der Waals surface area contributed by atoms with Crippen molar-refractivity contribution >= 4 is 23.4 Å². The number of anilines is 1. The molecule has 10 heteroatoms. The average Bonchev–Trinajstić information content (AvgIpc) is 3.22. The highest BCUT2D eigenvalue weighted by atomic mass is 16.5. The normalized spacial score (nSPS) is 15.3. The second kappa shape index (κ2) is 8.66. The van der Waals surface area contributed by atoms with Crippen LogP contribution in [0.3, 0.4) is 0 Å². The predicted octanol–water partition coefficient (Wildman–Crippen LogP) is 1.50. The van der Waals surface area contributed by atoms with Crippen molar-refractivity contribution < 1.29 is 23.6 Å². The molecule has 3 amide bonds. The minimum atomic E-state index is -1.01. The number of benzene rings is 2. The number of methoxy groups -OCH3 is 1. The lowest BCUT2D eigenvalue weighted by molar-refractivity contribution is -0.125. The summed E-state index contributed by atoms with van der Waals surface area (Å²) in [5, 5.41) is 11.8. The van der Waals surface area contributed by atoms with Gasteiger partial charge in [0.2, 0.25) is 23.5 Å². The van der Waals surface area contributed by atoms with Gasteiger partial charge < -0.3 is 25.2 Å². The second-order valence-electron chi connectivity index (χ2n) is 6.75. The number of carbonyl (C=O) groups excluding carboxylic acids is 3. The molecule has 1 atom stereocenters. The molecular formula is C21H19N5O5. The van der Waals surface area contributed by atoms with Crippen molar-refractivity contribution in [1.29, 1.82) is 0 Å². The van der Waals surface area contributed by atoms with E-state index in [9.17, 15) is 14.4 Å². The molecule has 10 nitrogen and oxygen atoms in total. The van der Waals surface area contributed by atoms with Crippen molar-refractivity contribution in [3.05, 3.63) is 60.0 Å². The third-order valence-electron chi connectivity index (χ3n) is 4.69. The van der Waals surface area contributed by atoms with Crippen LogP contribution in [0.4, 0.5) is 5.69 Å². The van der Waals surface area contributed by atoms with E-state index >= 15 is 0 Å². The minimum Gasteiger partial charge on any atom is -0.496 e. The largest absolute Gasteiger partial charge is 0.496 e. The molecule has 0 saturated heterocycles. The van der Waals surface area contributed by atoms with Crippen molar-refractivity contribution in [3.63, 3.8) is 0 Å². The topological polar surface area (TPSA) is 135 Å². The summed E-state index contributed by atoms with van der Waals surface area (Å²) in [6.45, 7) is -0.0243. The Morgan fingerprint density at radius 2 is 1.87 bits per heavy atom. The summed E-state index contributed by atoms with van der Waals surface area (Å²) in [7, 11) is 1.54. The average molecular weight is 421 g/mol. The van der Waals surface area contributed by atoms with E-state index in [1.807, 2.05) is 12.1 Å². The number of carbonyl (C=O) groups is 3. The molecule has 4 rings (SSSR count). The maximum atomic E-state index is 12.4. The van der Waals surface area contributed by atoms with Crippen molar-refractivity contribution in [2.75, 3.05) is 12.4 Å². The zero-order valence-corrected chi connectivity index (χ0v) is 16.5. The Kier molecular flexibility index (Phi) is 5.61. The molecule has 0 spiro atoms. The Morgan fingerprint density at radius 3 is 2.68 bits per heavy atom. The summed E-state index contributed by atoms with van der Waals surface area (Å²) >= 11 is 0. The van der Waals surface area contributed by atoms with E-state index in [4.69, 9.17) is 9.26 Å². The summed E-state index contributed by atoms with van der Waals surface area (Å²) in [4.78, 5) is 41.3. The van der Waals surface area contributed by atoms with Crippen LogP contribution >= 0.6 is 0 Å². The number of aromatic nitrogens is 2. The lowest BCUT2D eigenvalue weighted by atomic mass is 10.1. The number of para-hydroxylation sites is 2. The van der Waals surface area contributed by atoms with Crippen LogP contribution < -0.4 is 20.7 Å². The maximum Gasteiger partial charge on any atom is 0.254 e. The number of rotatable bonds is 6. The first-order valence-electron chi connectivity index (χ1n) is 9.48. The third-order valence-corrected chi connectivity index (χ3v) is 4.69. The number of amides is 3. The number of fused-ring (bicyclic) bond motifs is 1. The van der Waals surface area contributed by atoms with Gasteiger partial charge in [0.1, 0.15) is 11.8 Å². The van der Waals surface area contributed by atoms with Crippen molar-refractivity contribution in [2.24, 2.45) is 0 Å². The molecule has 2 heterocycles. The molecule has 1 aliphatic rings. The van der Waals surface area contributed by atoms with Gasteiger partial charge in [0.15, 0.2) is 0 Å². The smallest absolute Gasteiger partial charge is 0.254 e. The highest BCUT2D eigenvalue weighted by molar-refractivity contribution is 6.10. The van der Waals surface area contributed by atoms with Crippen LogP contribution in [-0.4, -0.2) is 41.0 Å². The molecule has 31 heavy (non-hydrogen) atoms. The molecule has 0 aliphatic carbocycles. The van der Waals surface area contributed by atoms with Crippen LogP contribution in [0.2, 0.25) is 0 Å². The molecule has 0 bridgehead atoms. The van der Waals surface area contributed by atoms with E-state index in [1.54, 1.807) is 43.5 Å². The van der Waals surface area contributed by atoms with Gasteiger partial charge in [-0.1, -0.05) is 29.4 Å². The molecule has 1 unspecified atom stereocenters. The fraction of sp³-hybridized carbons (Fsp3) is 0.190. The minimum absolute atomic E-state index is 0.0243. The number of nitrogens with zero attached hydrogens (tertiary/aromatic N) is 2. The van der Waals surface area contributed by atoms with Gasteiger partial charge in [0.05, 0.1) is 36.9 Å². The van der Waals surface area contributed by atoms with E-state index < -0.39 is 23.8 Å². The van der Waals surface area contributed by atoms with Gasteiger partial charge in [-0.05, 0) is 24.3 Å². The van der Waals surface area contributed by atoms with Gasteiger partial charge in [0.25, 0.3) is 5.91 Å². The maximum absolute atomic E-state index is 12.4. The number of hydrogen-bond acceptors (Lipinski definition) is 7. The molecule has 1 aliphatic heterocycles. The highest BCUT2D eigenvalue weighted by Gasteiger charge is 2.29. The molecule has 0 radical (unpaired) electrons. The standard InChI is InChI=1S/C21H19N5O5/c1-30-16-9-5-3-7-13(16)19-25-18(31-26-19)11-22-17(27)10-15-21(29)23-14-8-4-2-6-12(14)20(28)24-15/h2-9,15H,10-11H2,1H3,(H,22,27)(H,23,29)(H,24,28). The van der Waals surface area contributed by atoms with Crippen LogP contribution in [0.1, 0.15) is 22.7 Å². The first-order chi connectivity index (χ1) is 15.0. The zero-order valence-electron chi connectivity index (χ0n) is 16.5. The van der Waals surface area contributed by atoms with Gasteiger partial charge in [-0.15, -0.1) is 0 Å². The van der Waals surface area contributed by atoms with Gasteiger partial charge >= 0.3 is 0 Å². The number of ether oxygens (including phenoxy) is 1. The highest BCUT2D eigenvalue weighted by Crippen LogP contribution is 2.27. The van der Waals surface area contributed by atoms with Crippen LogP contribution in [0.15, 0.2) is 53.1 Å². The Morgan fingerprint density at radius 1 is 1.13 bits per heavy atom. The summed E-state index contributed by atoms with van der Waals surface area (Å²) < 4.78 is 10.5. The second-order valence-corrected chi connectivity index (χ2v) is 6.75. The summed E-state index contributed by atoms with van der Waals surface area (Å²) in [5.41, 5.74) is 1.40. The molecule has 0 saturated carbocycles. The zero-order chi connectivity index (χ0) is 21.8. The molecule has 1 aromatic heterocycles. The van der Waals surface area contributed by atoms with Gasteiger partial charge in [-0.3, -0.25) is 14.4 Å². The lowest BCUT2D eigenvalue weighted by Crippen LogP contribution is -2.44. The van der Waals surface area contributed by atoms with Crippen LogP contribution in [0, 0.1) is 0 Å². The third kappa shape index (κ3) is 4.37. The van der Waals surface area contributed by atoms with Crippen molar-refractivity contribution in [3.8, 4) is 17.1 Å². The van der Waals surface area contributed by atoms with Gasteiger partial charge in [0, 0.05) is 0 Å². The van der Waals surface area contributed by atoms with E-state index in [1.165, 1.54) is 0 Å². The van der Waals surface area contributed by atoms with E-state index in [0.717, 1.165) is 0 Å². The van der Waals surface area contributed by atoms with Gasteiger partial charge in [-0.2, -0.15) is 4.98 Å². The Bertz CT molecular complexity index is 1140. The fourth-order valence-electron chi connectivity index (χ4n) is 3.15. The summed E-state index contributed by atoms with van der Waals surface area (Å²) in [6, 6.07) is 12.8. The fourth-order valence-corrected chi connectivity index (χ4v) is 3.15. The Balaban J connectivity index is 1.36. The monoisotopic (exact) mass is 421 g/mol. The molecule has 2 aromatic carbocycles. The van der Waals surface area contributed by atoms with Crippen molar-refractivity contribution in [2.45, 2.75) is 19.0 Å². The predicted molar refractivity (Wildman–Crippen MR) is 109 cm³/mol. The molecule has 3 N–H and O–H groups in total. The Labute approximate surface area is 177 Å². The molecule has 0 fully saturated rings. The Hall–Kier alpha value is -4.21. The first kappa shape index (κ1) is 20.1.